The molecular formula is C25H29BO5. The monoisotopic (exact) mass is 420 g/mol. The molecule has 0 aliphatic carbocycles. The Balaban J connectivity index is 1.69. The van der Waals surface area contributed by atoms with Gasteiger partial charge in [-0.2, -0.15) is 0 Å². The first kappa shape index (κ1) is 23.1. The summed E-state index contributed by atoms with van der Waals surface area (Å²) < 4.78 is 16.9. The molecule has 6 heteroatoms. The Kier molecular flexibility index (Phi) is 7.91. The molecule has 4 atom stereocenters. The van der Waals surface area contributed by atoms with Crippen molar-refractivity contribution in [3.63, 3.8) is 0 Å². The topological polar surface area (TPSA) is 61.8 Å². The number of rotatable bonds is 8. The van der Waals surface area contributed by atoms with Crippen molar-refractivity contribution in [2.45, 2.75) is 39.3 Å². The number of hydrogen-bond acceptors (Lipinski definition) is 5. The second-order valence-corrected chi connectivity index (χ2v) is 8.59. The molecule has 0 saturated carbocycles. The van der Waals surface area contributed by atoms with Crippen LogP contribution in [0.15, 0.2) is 60.7 Å². The van der Waals surface area contributed by atoms with E-state index < -0.39 is 11.3 Å². The van der Waals surface area contributed by atoms with Gasteiger partial charge in [0.1, 0.15) is 13.2 Å². The minimum absolute atomic E-state index is 0.0498. The molecule has 5 nitrogen and oxygen atoms in total. The normalized spacial score (nSPS) is 24.2. The van der Waals surface area contributed by atoms with Crippen LogP contribution in [0.3, 0.4) is 0 Å². The van der Waals surface area contributed by atoms with Crippen molar-refractivity contribution in [3.05, 3.63) is 71.8 Å². The Bertz CT molecular complexity index is 855. The van der Waals surface area contributed by atoms with Crippen molar-refractivity contribution in [1.82, 2.24) is 0 Å². The SMILES string of the molecule is [B][C@H](C)C1COC[C@@](C)(CC(=O)OCc2ccccc2)C1C(=O)OCc1ccccc1. The van der Waals surface area contributed by atoms with Crippen LogP contribution in [0.25, 0.3) is 0 Å². The zero-order valence-electron chi connectivity index (χ0n) is 18.2. The lowest BCUT2D eigenvalue weighted by Gasteiger charge is -2.45. The standard InChI is InChI=1S/C25H29BO5/c1-18(26)21-16-29-17-25(2,13-22(27)30-14-19-9-5-3-6-10-19)23(21)24(28)31-15-20-11-7-4-8-12-20/h3-12,18,21,23H,13-17H2,1-2H3/t18-,21?,23?,25-/m1/s1. The zero-order chi connectivity index (χ0) is 22.3. The number of ether oxygens (including phenoxy) is 3. The highest BCUT2D eigenvalue weighted by molar-refractivity contribution is 6.11. The average molecular weight is 420 g/mol. The van der Waals surface area contributed by atoms with Crippen LogP contribution < -0.4 is 0 Å². The number of esters is 2. The molecule has 2 aromatic carbocycles. The summed E-state index contributed by atoms with van der Waals surface area (Å²) in [4.78, 5) is 25.8. The van der Waals surface area contributed by atoms with Gasteiger partial charge in [0.25, 0.3) is 0 Å². The van der Waals surface area contributed by atoms with Crippen LogP contribution in [0, 0.1) is 17.3 Å². The number of carbonyl (C=O) groups excluding carboxylic acids is 2. The van der Waals surface area contributed by atoms with Gasteiger partial charge in [0.15, 0.2) is 0 Å². The van der Waals surface area contributed by atoms with Crippen LogP contribution in [-0.2, 0) is 37.0 Å². The van der Waals surface area contributed by atoms with Gasteiger partial charge in [-0.1, -0.05) is 80.3 Å². The van der Waals surface area contributed by atoms with Gasteiger partial charge >= 0.3 is 11.9 Å². The predicted molar refractivity (Wildman–Crippen MR) is 118 cm³/mol. The Morgan fingerprint density at radius 3 is 2.13 bits per heavy atom. The summed E-state index contributed by atoms with van der Waals surface area (Å²) in [6.45, 7) is 4.72. The van der Waals surface area contributed by atoms with E-state index >= 15 is 0 Å². The molecule has 1 aliphatic rings. The van der Waals surface area contributed by atoms with Crippen LogP contribution in [0.2, 0.25) is 5.82 Å². The van der Waals surface area contributed by atoms with Crippen molar-refractivity contribution in [2.24, 2.45) is 17.3 Å². The van der Waals surface area contributed by atoms with Gasteiger partial charge in [-0.25, -0.2) is 0 Å². The van der Waals surface area contributed by atoms with Crippen molar-refractivity contribution in [3.8, 4) is 0 Å². The lowest BCUT2D eigenvalue weighted by atomic mass is 9.61. The third-order valence-corrected chi connectivity index (χ3v) is 5.87. The molecule has 2 unspecified atom stereocenters. The predicted octanol–water partition coefficient (Wildman–Crippen LogP) is 4.11. The second kappa shape index (κ2) is 10.6. The molecule has 162 valence electrons. The van der Waals surface area contributed by atoms with E-state index in [1.165, 1.54) is 0 Å². The first-order valence-corrected chi connectivity index (χ1v) is 10.6. The molecule has 3 rings (SSSR count). The van der Waals surface area contributed by atoms with Gasteiger partial charge in [-0.15, -0.1) is 0 Å². The summed E-state index contributed by atoms with van der Waals surface area (Å²) in [5.74, 6) is -1.82. The summed E-state index contributed by atoms with van der Waals surface area (Å²) in [6.07, 6.45) is 0.0498. The molecule has 0 amide bonds. The molecule has 1 aliphatic heterocycles. The second-order valence-electron chi connectivity index (χ2n) is 8.59. The quantitative estimate of drug-likeness (QED) is 0.475. The maximum atomic E-state index is 13.2. The largest absolute Gasteiger partial charge is 0.461 e. The van der Waals surface area contributed by atoms with E-state index in [2.05, 4.69) is 0 Å². The van der Waals surface area contributed by atoms with Gasteiger partial charge in [-0.05, 0) is 17.0 Å². The van der Waals surface area contributed by atoms with E-state index in [1.807, 2.05) is 74.5 Å². The minimum Gasteiger partial charge on any atom is -0.461 e. The fraction of sp³-hybridized carbons (Fsp3) is 0.440. The van der Waals surface area contributed by atoms with Crippen molar-refractivity contribution in [1.29, 1.82) is 0 Å². The number of carbonyl (C=O) groups is 2. The minimum atomic E-state index is -0.766. The van der Waals surface area contributed by atoms with E-state index in [9.17, 15) is 9.59 Å². The Hall–Kier alpha value is -2.60. The van der Waals surface area contributed by atoms with E-state index in [0.29, 0.717) is 6.61 Å². The molecule has 0 aromatic heterocycles. The molecular weight excluding hydrogens is 391 g/mol. The van der Waals surface area contributed by atoms with E-state index in [-0.39, 0.29) is 49.9 Å². The van der Waals surface area contributed by atoms with Gasteiger partial charge in [-0.3, -0.25) is 9.59 Å². The van der Waals surface area contributed by atoms with Gasteiger partial charge in [0.2, 0.25) is 0 Å². The fourth-order valence-electron chi connectivity index (χ4n) is 4.14. The Morgan fingerprint density at radius 1 is 1.03 bits per heavy atom. The molecule has 2 radical (unpaired) electrons. The highest BCUT2D eigenvalue weighted by atomic mass is 16.5. The van der Waals surface area contributed by atoms with Crippen LogP contribution in [0.1, 0.15) is 31.4 Å². The Morgan fingerprint density at radius 2 is 1.58 bits per heavy atom. The summed E-state index contributed by atoms with van der Waals surface area (Å²) in [7, 11) is 6.19. The molecule has 1 fully saturated rings. The highest BCUT2D eigenvalue weighted by Gasteiger charge is 2.50. The summed E-state index contributed by atoms with van der Waals surface area (Å²) >= 11 is 0. The number of benzene rings is 2. The maximum Gasteiger partial charge on any atom is 0.310 e. The van der Waals surface area contributed by atoms with E-state index in [0.717, 1.165) is 11.1 Å². The highest BCUT2D eigenvalue weighted by Crippen LogP contribution is 2.45. The van der Waals surface area contributed by atoms with Crippen molar-refractivity contribution >= 4 is 19.8 Å². The van der Waals surface area contributed by atoms with E-state index in [1.54, 1.807) is 0 Å². The molecule has 1 heterocycles. The van der Waals surface area contributed by atoms with E-state index in [4.69, 9.17) is 22.1 Å². The third-order valence-electron chi connectivity index (χ3n) is 5.87. The Labute approximate surface area is 185 Å². The van der Waals surface area contributed by atoms with Crippen molar-refractivity contribution < 1.29 is 23.8 Å². The molecule has 2 aromatic rings. The summed E-state index contributed by atoms with van der Waals surface area (Å²) in [5.41, 5.74) is 1.05. The first-order chi connectivity index (χ1) is 14.9. The lowest BCUT2D eigenvalue weighted by molar-refractivity contribution is -0.175. The summed E-state index contributed by atoms with van der Waals surface area (Å²) in [5, 5.41) is 0. The van der Waals surface area contributed by atoms with Crippen molar-refractivity contribution in [2.75, 3.05) is 13.2 Å². The van der Waals surface area contributed by atoms with Gasteiger partial charge < -0.3 is 14.2 Å². The van der Waals surface area contributed by atoms with Crippen LogP contribution in [-0.4, -0.2) is 33.0 Å². The van der Waals surface area contributed by atoms with Crippen LogP contribution in [0.5, 0.6) is 0 Å². The first-order valence-electron chi connectivity index (χ1n) is 10.6. The molecule has 31 heavy (non-hydrogen) atoms. The van der Waals surface area contributed by atoms with Gasteiger partial charge in [0, 0.05) is 12.0 Å². The zero-order valence-corrected chi connectivity index (χ0v) is 18.2. The maximum absolute atomic E-state index is 13.2. The van der Waals surface area contributed by atoms with Crippen LogP contribution in [0.4, 0.5) is 0 Å². The smallest absolute Gasteiger partial charge is 0.310 e. The molecule has 0 spiro atoms. The molecule has 0 bridgehead atoms. The molecule has 1 saturated heterocycles. The average Bonchev–Trinajstić information content (AvgIpc) is 2.77. The summed E-state index contributed by atoms with van der Waals surface area (Å²) in [6, 6.07) is 19.0. The van der Waals surface area contributed by atoms with Crippen LogP contribution >= 0.6 is 0 Å². The fourth-order valence-corrected chi connectivity index (χ4v) is 4.14. The lowest BCUT2D eigenvalue weighted by Crippen LogP contribution is -2.50. The molecule has 0 N–H and O–H groups in total. The third kappa shape index (κ3) is 6.20. The van der Waals surface area contributed by atoms with Gasteiger partial charge in [0.05, 0.1) is 26.8 Å². The number of hydrogen-bond donors (Lipinski definition) is 0.